The monoisotopic (exact) mass is 497 g/mol. The first kappa shape index (κ1) is 24.4. The molecule has 1 aromatic carbocycles. The van der Waals surface area contributed by atoms with E-state index in [9.17, 15) is 4.79 Å². The highest BCUT2D eigenvalue weighted by molar-refractivity contribution is 5.78. The van der Waals surface area contributed by atoms with Crippen LogP contribution in [0.25, 0.3) is 28.6 Å². The van der Waals surface area contributed by atoms with E-state index in [2.05, 4.69) is 44.0 Å². The SMILES string of the molecule is CCCCc1cn(-c2nccn2CCCC)c(=O)n1Cc1ccc(-c2ccccc2-c2nn[nH]n2)nc1. The number of nitrogens with one attached hydrogen (secondary N) is 1. The van der Waals surface area contributed by atoms with Crippen LogP contribution >= 0.6 is 0 Å². The molecule has 0 aliphatic rings. The first-order valence-corrected chi connectivity index (χ1v) is 12.8. The van der Waals surface area contributed by atoms with Crippen molar-refractivity contribution in [2.45, 2.75) is 59.0 Å². The van der Waals surface area contributed by atoms with Crippen LogP contribution in [-0.2, 0) is 19.5 Å². The zero-order chi connectivity index (χ0) is 25.6. The Morgan fingerprint density at radius 3 is 2.54 bits per heavy atom. The molecule has 10 heteroatoms. The van der Waals surface area contributed by atoms with Crippen LogP contribution in [-0.4, -0.2) is 44.3 Å². The molecule has 5 aromatic rings. The summed E-state index contributed by atoms with van der Waals surface area (Å²) in [6.07, 6.45) is 12.5. The Bertz CT molecular complexity index is 1490. The number of unbranched alkanes of at least 4 members (excludes halogenated alkanes) is 2. The minimum Gasteiger partial charge on any atom is -0.317 e. The lowest BCUT2D eigenvalue weighted by Gasteiger charge is -2.09. The minimum atomic E-state index is -0.0819. The summed E-state index contributed by atoms with van der Waals surface area (Å²) in [6, 6.07) is 11.8. The Labute approximate surface area is 215 Å². The lowest BCUT2D eigenvalue weighted by Crippen LogP contribution is -2.26. The van der Waals surface area contributed by atoms with E-state index >= 15 is 0 Å². The van der Waals surface area contributed by atoms with Gasteiger partial charge in [-0.25, -0.2) is 14.3 Å². The summed E-state index contributed by atoms with van der Waals surface area (Å²) in [4.78, 5) is 22.8. The van der Waals surface area contributed by atoms with E-state index in [4.69, 9.17) is 4.98 Å². The first-order valence-electron chi connectivity index (χ1n) is 12.8. The molecule has 0 saturated heterocycles. The maximum Gasteiger partial charge on any atom is 0.335 e. The van der Waals surface area contributed by atoms with E-state index in [-0.39, 0.29) is 5.69 Å². The van der Waals surface area contributed by atoms with E-state index in [0.717, 1.165) is 66.7 Å². The van der Waals surface area contributed by atoms with Gasteiger partial charge in [-0.05, 0) is 36.1 Å². The van der Waals surface area contributed by atoms with Crippen molar-refractivity contribution in [3.05, 3.63) is 82.9 Å². The van der Waals surface area contributed by atoms with Crippen LogP contribution in [0, 0.1) is 0 Å². The third kappa shape index (κ3) is 5.13. The van der Waals surface area contributed by atoms with Crippen LogP contribution in [0.5, 0.6) is 0 Å². The summed E-state index contributed by atoms with van der Waals surface area (Å²) in [5.41, 5.74) is 4.45. The molecule has 0 atom stereocenters. The van der Waals surface area contributed by atoms with Crippen molar-refractivity contribution in [1.29, 1.82) is 0 Å². The number of tetrazole rings is 1. The molecule has 0 fully saturated rings. The van der Waals surface area contributed by atoms with Crippen molar-refractivity contribution >= 4 is 0 Å². The molecule has 5 rings (SSSR count). The number of aryl methyl sites for hydroxylation is 2. The number of rotatable bonds is 11. The average molecular weight is 498 g/mol. The standard InChI is InChI=1S/C27H31N9O/c1-3-5-9-21-19-36(26-28-14-16-34(26)15-6-4-2)27(37)35(21)18-20-12-13-24(29-17-20)22-10-7-8-11-23(22)25-30-32-33-31-25/h7-8,10-14,16-17,19H,3-6,9,15,18H2,1-2H3,(H,30,31,32,33). The van der Waals surface area contributed by atoms with Gasteiger partial charge in [-0.2, -0.15) is 5.21 Å². The molecule has 1 N–H and O–H groups in total. The van der Waals surface area contributed by atoms with E-state index in [0.29, 0.717) is 18.3 Å². The maximum absolute atomic E-state index is 13.6. The Balaban J connectivity index is 1.45. The van der Waals surface area contributed by atoms with Crippen LogP contribution in [0.2, 0.25) is 0 Å². The number of nitrogens with zero attached hydrogens (tertiary/aromatic N) is 8. The third-order valence-corrected chi connectivity index (χ3v) is 6.46. The lowest BCUT2D eigenvalue weighted by molar-refractivity contribution is 0.607. The number of pyridine rings is 1. The molecule has 0 aliphatic carbocycles. The molecule has 4 heterocycles. The quantitative estimate of drug-likeness (QED) is 0.292. The van der Waals surface area contributed by atoms with Crippen molar-refractivity contribution in [1.82, 2.24) is 44.3 Å². The van der Waals surface area contributed by atoms with Gasteiger partial charge >= 0.3 is 5.69 Å². The molecule has 0 amide bonds. The van der Waals surface area contributed by atoms with Crippen LogP contribution in [0.3, 0.4) is 0 Å². The topological polar surface area (TPSA) is 112 Å². The summed E-state index contributed by atoms with van der Waals surface area (Å²) in [7, 11) is 0. The second kappa shape index (κ2) is 11.2. The highest BCUT2D eigenvalue weighted by Crippen LogP contribution is 2.28. The van der Waals surface area contributed by atoms with E-state index in [1.165, 1.54) is 0 Å². The van der Waals surface area contributed by atoms with Gasteiger partial charge in [0, 0.05) is 48.2 Å². The maximum atomic E-state index is 13.6. The van der Waals surface area contributed by atoms with Crippen molar-refractivity contribution in [2.75, 3.05) is 0 Å². The van der Waals surface area contributed by atoms with Crippen LogP contribution in [0.1, 0.15) is 50.8 Å². The number of H-pyrrole nitrogens is 1. The van der Waals surface area contributed by atoms with Gasteiger partial charge in [0.15, 0.2) is 0 Å². The van der Waals surface area contributed by atoms with E-state index < -0.39 is 0 Å². The molecule has 0 bridgehead atoms. The Morgan fingerprint density at radius 2 is 1.81 bits per heavy atom. The molecule has 0 spiro atoms. The number of benzene rings is 1. The number of aromatic nitrogens is 9. The molecule has 10 nitrogen and oxygen atoms in total. The Kier molecular flexibility index (Phi) is 7.34. The molecule has 37 heavy (non-hydrogen) atoms. The molecule has 190 valence electrons. The summed E-state index contributed by atoms with van der Waals surface area (Å²) < 4.78 is 5.58. The third-order valence-electron chi connectivity index (χ3n) is 6.46. The molecular weight excluding hydrogens is 466 g/mol. The predicted molar refractivity (Wildman–Crippen MR) is 141 cm³/mol. The lowest BCUT2D eigenvalue weighted by atomic mass is 10.0. The predicted octanol–water partition coefficient (Wildman–Crippen LogP) is 4.27. The van der Waals surface area contributed by atoms with Gasteiger partial charge < -0.3 is 4.57 Å². The molecule has 0 aliphatic heterocycles. The molecule has 0 unspecified atom stereocenters. The van der Waals surface area contributed by atoms with Crippen molar-refractivity contribution in [3.63, 3.8) is 0 Å². The van der Waals surface area contributed by atoms with Gasteiger partial charge in [-0.1, -0.05) is 57.0 Å². The minimum absolute atomic E-state index is 0.0819. The van der Waals surface area contributed by atoms with Crippen LogP contribution < -0.4 is 5.69 Å². The van der Waals surface area contributed by atoms with Gasteiger partial charge in [-0.3, -0.25) is 9.55 Å². The fraction of sp³-hybridized carbons (Fsp3) is 0.333. The number of imidazole rings is 2. The Morgan fingerprint density at radius 1 is 0.973 bits per heavy atom. The largest absolute Gasteiger partial charge is 0.335 e. The summed E-state index contributed by atoms with van der Waals surface area (Å²) >= 11 is 0. The molecular formula is C27H31N9O. The van der Waals surface area contributed by atoms with Gasteiger partial charge in [-0.15, -0.1) is 10.2 Å². The van der Waals surface area contributed by atoms with Gasteiger partial charge in [0.05, 0.1) is 12.2 Å². The second-order valence-electron chi connectivity index (χ2n) is 9.07. The molecule has 0 saturated carbocycles. The Hall–Kier alpha value is -4.34. The number of aromatic amines is 1. The normalized spacial score (nSPS) is 11.3. The van der Waals surface area contributed by atoms with Crippen molar-refractivity contribution < 1.29 is 0 Å². The second-order valence-corrected chi connectivity index (χ2v) is 9.07. The fourth-order valence-corrected chi connectivity index (χ4v) is 4.46. The number of hydrogen-bond donors (Lipinski definition) is 1. The van der Waals surface area contributed by atoms with Crippen LogP contribution in [0.4, 0.5) is 0 Å². The first-order chi connectivity index (χ1) is 18.2. The number of hydrogen-bond acceptors (Lipinski definition) is 6. The summed E-state index contributed by atoms with van der Waals surface area (Å²) in [5.74, 6) is 1.19. The van der Waals surface area contributed by atoms with Crippen molar-refractivity contribution in [2.24, 2.45) is 0 Å². The van der Waals surface area contributed by atoms with E-state index in [1.54, 1.807) is 10.8 Å². The van der Waals surface area contributed by atoms with Gasteiger partial charge in [0.2, 0.25) is 11.8 Å². The highest BCUT2D eigenvalue weighted by Gasteiger charge is 2.17. The molecule has 4 aromatic heterocycles. The summed E-state index contributed by atoms with van der Waals surface area (Å²) in [6.45, 7) is 5.60. The highest BCUT2D eigenvalue weighted by atomic mass is 16.1. The summed E-state index contributed by atoms with van der Waals surface area (Å²) in [5, 5.41) is 14.4. The van der Waals surface area contributed by atoms with Gasteiger partial charge in [0.25, 0.3) is 0 Å². The zero-order valence-electron chi connectivity index (χ0n) is 21.2. The fourth-order valence-electron chi connectivity index (χ4n) is 4.46. The molecule has 0 radical (unpaired) electrons. The zero-order valence-corrected chi connectivity index (χ0v) is 21.2. The van der Waals surface area contributed by atoms with Gasteiger partial charge in [0.1, 0.15) is 0 Å². The average Bonchev–Trinajstić information content (AvgIpc) is 3.69. The van der Waals surface area contributed by atoms with Crippen molar-refractivity contribution in [3.8, 4) is 28.6 Å². The van der Waals surface area contributed by atoms with Crippen LogP contribution in [0.15, 0.2) is 66.0 Å². The smallest absolute Gasteiger partial charge is 0.317 e. The van der Waals surface area contributed by atoms with E-state index in [1.807, 2.05) is 59.6 Å².